The van der Waals surface area contributed by atoms with Gasteiger partial charge in [-0.15, -0.1) is 0 Å². The first kappa shape index (κ1) is 15.0. The van der Waals surface area contributed by atoms with Crippen LogP contribution in [0, 0.1) is 12.7 Å². The van der Waals surface area contributed by atoms with Crippen LogP contribution in [0.25, 0.3) is 0 Å². The lowest BCUT2D eigenvalue weighted by molar-refractivity contribution is 0.368. The summed E-state index contributed by atoms with van der Waals surface area (Å²) in [6.07, 6.45) is 0. The zero-order valence-corrected chi connectivity index (χ0v) is 12.3. The maximum atomic E-state index is 13.2. The van der Waals surface area contributed by atoms with E-state index in [1.165, 1.54) is 12.1 Å². The van der Waals surface area contributed by atoms with E-state index >= 15 is 0 Å². The molecule has 0 saturated heterocycles. The van der Waals surface area contributed by atoms with Crippen molar-refractivity contribution in [2.45, 2.75) is 20.0 Å². The minimum atomic E-state index is -0.245. The summed E-state index contributed by atoms with van der Waals surface area (Å²) in [6, 6.07) is 6.49. The Labute approximate surface area is 122 Å². The summed E-state index contributed by atoms with van der Waals surface area (Å²) in [4.78, 5) is 10.2. The minimum Gasteiger partial charge on any atom is -0.347 e. The second-order valence-electron chi connectivity index (χ2n) is 4.62. The summed E-state index contributed by atoms with van der Waals surface area (Å²) in [7, 11) is 3.56. The molecule has 0 bridgehead atoms. The number of aromatic nitrogens is 2. The molecule has 6 nitrogen and oxygen atoms in total. The van der Waals surface area contributed by atoms with Gasteiger partial charge in [-0.25, -0.2) is 4.39 Å². The quantitative estimate of drug-likeness (QED) is 0.686. The van der Waals surface area contributed by atoms with Gasteiger partial charge in [-0.05, 0) is 24.6 Å². The van der Waals surface area contributed by atoms with Gasteiger partial charge in [0.1, 0.15) is 5.82 Å². The summed E-state index contributed by atoms with van der Waals surface area (Å²) in [6.45, 7) is 2.69. The number of hydrogen-bond donors (Lipinski definition) is 1. The van der Waals surface area contributed by atoms with Crippen molar-refractivity contribution in [1.82, 2.24) is 20.4 Å². The molecule has 1 N–H and O–H groups in total. The molecule has 112 valence electrons. The van der Waals surface area contributed by atoms with E-state index in [4.69, 9.17) is 4.52 Å². The Balaban J connectivity index is 1.94. The van der Waals surface area contributed by atoms with Gasteiger partial charge in [-0.3, -0.25) is 4.99 Å². The zero-order chi connectivity index (χ0) is 15.2. The molecule has 0 saturated carbocycles. The van der Waals surface area contributed by atoms with Crippen LogP contribution >= 0.6 is 0 Å². The maximum Gasteiger partial charge on any atom is 0.246 e. The molecular formula is C14H18FN5O. The van der Waals surface area contributed by atoms with Gasteiger partial charge in [0.05, 0.1) is 6.54 Å². The third-order valence-corrected chi connectivity index (χ3v) is 2.85. The molecule has 0 aliphatic carbocycles. The molecule has 0 atom stereocenters. The van der Waals surface area contributed by atoms with Crippen LogP contribution in [0.5, 0.6) is 0 Å². The van der Waals surface area contributed by atoms with Gasteiger partial charge in [0.15, 0.2) is 11.8 Å². The van der Waals surface area contributed by atoms with E-state index in [9.17, 15) is 4.39 Å². The second kappa shape index (κ2) is 6.83. The highest BCUT2D eigenvalue weighted by Gasteiger charge is 2.09. The van der Waals surface area contributed by atoms with Crippen molar-refractivity contribution in [2.75, 3.05) is 14.1 Å². The maximum absolute atomic E-state index is 13.2. The van der Waals surface area contributed by atoms with Gasteiger partial charge in [0.2, 0.25) is 5.89 Å². The number of hydrogen-bond acceptors (Lipinski definition) is 4. The number of guanidine groups is 1. The third-order valence-electron chi connectivity index (χ3n) is 2.85. The van der Waals surface area contributed by atoms with Crippen LogP contribution in [0.4, 0.5) is 4.39 Å². The fourth-order valence-corrected chi connectivity index (χ4v) is 1.94. The molecule has 0 amide bonds. The highest BCUT2D eigenvalue weighted by Crippen LogP contribution is 2.06. The summed E-state index contributed by atoms with van der Waals surface area (Å²) < 4.78 is 18.2. The van der Waals surface area contributed by atoms with E-state index in [0.29, 0.717) is 30.8 Å². The predicted molar refractivity (Wildman–Crippen MR) is 77.1 cm³/mol. The lowest BCUT2D eigenvalue weighted by Crippen LogP contribution is -2.38. The minimum absolute atomic E-state index is 0.245. The molecule has 0 fully saturated rings. The van der Waals surface area contributed by atoms with Gasteiger partial charge >= 0.3 is 0 Å². The standard InChI is InChI=1S/C14H18FN5O/c1-10-18-13(21-19-10)8-17-14(16-2)20(3)9-11-5-4-6-12(15)7-11/h4-7H,8-9H2,1-3H3,(H,16,17). The highest BCUT2D eigenvalue weighted by molar-refractivity contribution is 5.79. The number of benzene rings is 1. The highest BCUT2D eigenvalue weighted by atomic mass is 19.1. The zero-order valence-electron chi connectivity index (χ0n) is 12.3. The first-order chi connectivity index (χ1) is 10.1. The van der Waals surface area contributed by atoms with Crippen LogP contribution in [0.2, 0.25) is 0 Å². The smallest absolute Gasteiger partial charge is 0.246 e. The largest absolute Gasteiger partial charge is 0.347 e. The molecule has 2 aromatic rings. The lowest BCUT2D eigenvalue weighted by Gasteiger charge is -2.21. The molecule has 2 rings (SSSR count). The van der Waals surface area contributed by atoms with Crippen LogP contribution in [0.1, 0.15) is 17.3 Å². The monoisotopic (exact) mass is 291 g/mol. The molecule has 0 aliphatic rings. The van der Waals surface area contributed by atoms with Crippen molar-refractivity contribution in [1.29, 1.82) is 0 Å². The first-order valence-electron chi connectivity index (χ1n) is 6.54. The molecule has 1 aromatic carbocycles. The molecule has 0 radical (unpaired) electrons. The molecule has 1 aromatic heterocycles. The predicted octanol–water partition coefficient (Wildman–Crippen LogP) is 1.72. The molecule has 1 heterocycles. The van der Waals surface area contributed by atoms with Crippen molar-refractivity contribution in [3.63, 3.8) is 0 Å². The van der Waals surface area contributed by atoms with E-state index < -0.39 is 0 Å². The van der Waals surface area contributed by atoms with Crippen molar-refractivity contribution in [3.05, 3.63) is 47.4 Å². The van der Waals surface area contributed by atoms with Crippen LogP contribution in [0.15, 0.2) is 33.8 Å². The Morgan fingerprint density at radius 2 is 2.29 bits per heavy atom. The summed E-state index contributed by atoms with van der Waals surface area (Å²) >= 11 is 0. The van der Waals surface area contributed by atoms with E-state index in [-0.39, 0.29) is 5.82 Å². The number of halogens is 1. The Hall–Kier alpha value is -2.44. The SMILES string of the molecule is CN=C(NCc1nc(C)no1)N(C)Cc1cccc(F)c1. The number of nitrogens with zero attached hydrogens (tertiary/aromatic N) is 4. The average Bonchev–Trinajstić information content (AvgIpc) is 2.85. The summed E-state index contributed by atoms with van der Waals surface area (Å²) in [5.74, 6) is 1.50. The van der Waals surface area contributed by atoms with Gasteiger partial charge in [0, 0.05) is 20.6 Å². The number of aliphatic imine (C=N–C) groups is 1. The molecular weight excluding hydrogens is 273 g/mol. The molecule has 7 heteroatoms. The van der Waals surface area contributed by atoms with E-state index in [0.717, 1.165) is 5.56 Å². The number of nitrogens with one attached hydrogen (secondary N) is 1. The molecule has 0 spiro atoms. The Morgan fingerprint density at radius 3 is 2.90 bits per heavy atom. The van der Waals surface area contributed by atoms with Gasteiger partial charge in [0.25, 0.3) is 0 Å². The van der Waals surface area contributed by atoms with Crippen molar-refractivity contribution in [3.8, 4) is 0 Å². The average molecular weight is 291 g/mol. The van der Waals surface area contributed by atoms with E-state index in [1.54, 1.807) is 20.0 Å². The third kappa shape index (κ3) is 4.27. The van der Waals surface area contributed by atoms with Crippen LogP contribution in [-0.2, 0) is 13.1 Å². The van der Waals surface area contributed by atoms with Crippen molar-refractivity contribution < 1.29 is 8.91 Å². The van der Waals surface area contributed by atoms with E-state index in [1.807, 2.05) is 18.0 Å². The second-order valence-corrected chi connectivity index (χ2v) is 4.62. The first-order valence-corrected chi connectivity index (χ1v) is 6.54. The number of aryl methyl sites for hydroxylation is 1. The van der Waals surface area contributed by atoms with Crippen LogP contribution in [0.3, 0.4) is 0 Å². The Kier molecular flexibility index (Phi) is 4.86. The Morgan fingerprint density at radius 1 is 1.48 bits per heavy atom. The fraction of sp³-hybridized carbons (Fsp3) is 0.357. The summed E-state index contributed by atoms with van der Waals surface area (Å²) in [5.41, 5.74) is 0.870. The van der Waals surface area contributed by atoms with Crippen molar-refractivity contribution in [2.24, 2.45) is 4.99 Å². The molecule has 0 aliphatic heterocycles. The topological polar surface area (TPSA) is 66.5 Å². The molecule has 21 heavy (non-hydrogen) atoms. The van der Waals surface area contributed by atoms with Gasteiger partial charge in [-0.2, -0.15) is 4.98 Å². The normalized spacial score (nSPS) is 11.5. The Bertz CT molecular complexity index is 625. The number of rotatable bonds is 4. The van der Waals surface area contributed by atoms with Crippen molar-refractivity contribution >= 4 is 5.96 Å². The fourth-order valence-electron chi connectivity index (χ4n) is 1.94. The van der Waals surface area contributed by atoms with Crippen LogP contribution in [-0.4, -0.2) is 35.1 Å². The van der Waals surface area contributed by atoms with Gasteiger partial charge < -0.3 is 14.7 Å². The van der Waals surface area contributed by atoms with E-state index in [2.05, 4.69) is 20.4 Å². The van der Waals surface area contributed by atoms with Gasteiger partial charge in [-0.1, -0.05) is 17.3 Å². The lowest BCUT2D eigenvalue weighted by atomic mass is 10.2. The summed E-state index contributed by atoms with van der Waals surface area (Å²) in [5, 5.41) is 6.84. The molecule has 0 unspecified atom stereocenters. The van der Waals surface area contributed by atoms with Crippen LogP contribution < -0.4 is 5.32 Å².